The number of pyridine rings is 1. The zero-order chi connectivity index (χ0) is 16.4. The number of halogens is 3. The summed E-state index contributed by atoms with van der Waals surface area (Å²) in [6, 6.07) is 15.6. The molecule has 3 rings (SSSR count). The highest BCUT2D eigenvalue weighted by Gasteiger charge is 2.31. The maximum Gasteiger partial charge on any atom is 0.573 e. The van der Waals surface area contributed by atoms with Gasteiger partial charge in [-0.05, 0) is 48.9 Å². The highest BCUT2D eigenvalue weighted by molar-refractivity contribution is 5.80. The van der Waals surface area contributed by atoms with Crippen molar-refractivity contribution in [3.63, 3.8) is 0 Å². The van der Waals surface area contributed by atoms with Gasteiger partial charge in [-0.15, -0.1) is 13.2 Å². The molecule has 0 aliphatic heterocycles. The summed E-state index contributed by atoms with van der Waals surface area (Å²) in [7, 11) is 0. The molecule has 6 heteroatoms. The number of anilines is 2. The lowest BCUT2D eigenvalue weighted by Crippen LogP contribution is -2.17. The van der Waals surface area contributed by atoms with Crippen LogP contribution in [0.15, 0.2) is 54.6 Å². The molecule has 0 amide bonds. The number of ether oxygens (including phenoxy) is 1. The molecule has 0 saturated carbocycles. The molecular formula is C17H13F3N2O. The van der Waals surface area contributed by atoms with Crippen LogP contribution in [0.4, 0.5) is 24.7 Å². The largest absolute Gasteiger partial charge is 0.573 e. The number of rotatable bonds is 3. The number of benzene rings is 2. The van der Waals surface area contributed by atoms with Crippen molar-refractivity contribution in [1.82, 2.24) is 4.98 Å². The number of aromatic nitrogens is 1. The standard InChI is InChI=1S/C17H13F3N2O/c1-11-10-13(23-17(18,19)20)7-8-14(11)21-16-9-6-12-4-2-3-5-15(12)22-16/h2-10H,1H3,(H,21,22). The fourth-order valence-corrected chi connectivity index (χ4v) is 2.25. The summed E-state index contributed by atoms with van der Waals surface area (Å²) in [6.45, 7) is 1.70. The minimum absolute atomic E-state index is 0.243. The highest BCUT2D eigenvalue weighted by Crippen LogP contribution is 2.28. The Morgan fingerprint density at radius 3 is 2.52 bits per heavy atom. The van der Waals surface area contributed by atoms with Crippen LogP contribution in [0.3, 0.4) is 0 Å². The van der Waals surface area contributed by atoms with Crippen LogP contribution >= 0.6 is 0 Å². The molecule has 0 fully saturated rings. The predicted molar refractivity (Wildman–Crippen MR) is 82.9 cm³/mol. The lowest BCUT2D eigenvalue weighted by Gasteiger charge is -2.13. The number of hydrogen-bond donors (Lipinski definition) is 1. The second-order valence-corrected chi connectivity index (χ2v) is 5.04. The van der Waals surface area contributed by atoms with E-state index < -0.39 is 6.36 Å². The average molecular weight is 318 g/mol. The van der Waals surface area contributed by atoms with Gasteiger partial charge in [-0.2, -0.15) is 0 Å². The lowest BCUT2D eigenvalue weighted by atomic mass is 10.2. The van der Waals surface area contributed by atoms with Crippen molar-refractivity contribution in [3.8, 4) is 5.75 Å². The van der Waals surface area contributed by atoms with Crippen molar-refractivity contribution >= 4 is 22.4 Å². The molecule has 1 heterocycles. The maximum absolute atomic E-state index is 12.2. The third-order valence-corrected chi connectivity index (χ3v) is 3.29. The van der Waals surface area contributed by atoms with Gasteiger partial charge in [-0.25, -0.2) is 4.98 Å². The van der Waals surface area contributed by atoms with Crippen molar-refractivity contribution in [3.05, 3.63) is 60.2 Å². The van der Waals surface area contributed by atoms with E-state index in [-0.39, 0.29) is 5.75 Å². The first-order chi connectivity index (χ1) is 10.9. The Balaban J connectivity index is 1.84. The van der Waals surface area contributed by atoms with E-state index in [1.54, 1.807) is 6.92 Å². The van der Waals surface area contributed by atoms with Crippen LogP contribution in [0.1, 0.15) is 5.56 Å². The van der Waals surface area contributed by atoms with E-state index in [1.807, 2.05) is 36.4 Å². The van der Waals surface area contributed by atoms with E-state index >= 15 is 0 Å². The lowest BCUT2D eigenvalue weighted by molar-refractivity contribution is -0.274. The molecule has 0 atom stereocenters. The first-order valence-electron chi connectivity index (χ1n) is 6.90. The van der Waals surface area contributed by atoms with E-state index in [0.717, 1.165) is 10.9 Å². The van der Waals surface area contributed by atoms with Crippen molar-refractivity contribution in [2.45, 2.75) is 13.3 Å². The molecule has 0 aliphatic carbocycles. The molecule has 3 nitrogen and oxygen atoms in total. The molecule has 0 aliphatic rings. The minimum Gasteiger partial charge on any atom is -0.406 e. The second kappa shape index (κ2) is 5.79. The van der Waals surface area contributed by atoms with Crippen molar-refractivity contribution in [1.29, 1.82) is 0 Å². The summed E-state index contributed by atoms with van der Waals surface area (Å²) in [5.74, 6) is 0.378. The molecule has 1 N–H and O–H groups in total. The summed E-state index contributed by atoms with van der Waals surface area (Å²) in [4.78, 5) is 4.47. The van der Waals surface area contributed by atoms with E-state index in [1.165, 1.54) is 18.2 Å². The highest BCUT2D eigenvalue weighted by atomic mass is 19.4. The first kappa shape index (κ1) is 15.1. The Labute approximate surface area is 130 Å². The first-order valence-corrected chi connectivity index (χ1v) is 6.90. The topological polar surface area (TPSA) is 34.1 Å². The number of para-hydroxylation sites is 1. The Bertz CT molecular complexity index is 847. The van der Waals surface area contributed by atoms with Crippen LogP contribution in [0.25, 0.3) is 10.9 Å². The molecule has 118 valence electrons. The summed E-state index contributed by atoms with van der Waals surface area (Å²) in [6.07, 6.45) is -4.69. The number of nitrogens with zero attached hydrogens (tertiary/aromatic N) is 1. The number of fused-ring (bicyclic) bond motifs is 1. The number of nitrogens with one attached hydrogen (secondary N) is 1. The second-order valence-electron chi connectivity index (χ2n) is 5.04. The maximum atomic E-state index is 12.2. The molecular weight excluding hydrogens is 305 g/mol. The van der Waals surface area contributed by atoms with Gasteiger partial charge >= 0.3 is 6.36 Å². The monoisotopic (exact) mass is 318 g/mol. The van der Waals surface area contributed by atoms with Crippen LogP contribution in [0.5, 0.6) is 5.75 Å². The number of alkyl halides is 3. The van der Waals surface area contributed by atoms with Gasteiger partial charge in [-0.3, -0.25) is 0 Å². The van der Waals surface area contributed by atoms with Gasteiger partial charge in [0.25, 0.3) is 0 Å². The Morgan fingerprint density at radius 1 is 1.00 bits per heavy atom. The van der Waals surface area contributed by atoms with Crippen molar-refractivity contribution in [2.24, 2.45) is 0 Å². The Morgan fingerprint density at radius 2 is 1.78 bits per heavy atom. The van der Waals surface area contributed by atoms with E-state index in [9.17, 15) is 13.2 Å². The van der Waals surface area contributed by atoms with Gasteiger partial charge in [0.2, 0.25) is 0 Å². The molecule has 0 radical (unpaired) electrons. The van der Waals surface area contributed by atoms with Gasteiger partial charge < -0.3 is 10.1 Å². The van der Waals surface area contributed by atoms with E-state index in [2.05, 4.69) is 15.0 Å². The van der Waals surface area contributed by atoms with Gasteiger partial charge in [0.15, 0.2) is 0 Å². The third-order valence-electron chi connectivity index (χ3n) is 3.29. The molecule has 2 aromatic carbocycles. The van der Waals surface area contributed by atoms with Crippen LogP contribution in [-0.4, -0.2) is 11.3 Å². The summed E-state index contributed by atoms with van der Waals surface area (Å²) in [5.41, 5.74) is 2.14. The quantitative estimate of drug-likeness (QED) is 0.722. The Hall–Kier alpha value is -2.76. The van der Waals surface area contributed by atoms with Gasteiger partial charge in [0, 0.05) is 11.1 Å². The van der Waals surface area contributed by atoms with E-state index in [0.29, 0.717) is 17.1 Å². The summed E-state index contributed by atoms with van der Waals surface area (Å²) in [5, 5.41) is 4.12. The summed E-state index contributed by atoms with van der Waals surface area (Å²) >= 11 is 0. The molecule has 0 unspecified atom stereocenters. The molecule has 0 spiro atoms. The SMILES string of the molecule is Cc1cc(OC(F)(F)F)ccc1Nc1ccc2ccccc2n1. The van der Waals surface area contributed by atoms with Crippen molar-refractivity contribution in [2.75, 3.05) is 5.32 Å². The predicted octanol–water partition coefficient (Wildman–Crippen LogP) is 5.19. The zero-order valence-corrected chi connectivity index (χ0v) is 12.2. The van der Waals surface area contributed by atoms with Crippen LogP contribution in [-0.2, 0) is 0 Å². The molecule has 23 heavy (non-hydrogen) atoms. The van der Waals surface area contributed by atoms with Crippen LogP contribution in [0.2, 0.25) is 0 Å². The average Bonchev–Trinajstić information content (AvgIpc) is 2.48. The third kappa shape index (κ3) is 3.71. The normalized spacial score (nSPS) is 11.5. The molecule has 1 aromatic heterocycles. The fraction of sp³-hybridized carbons (Fsp3) is 0.118. The van der Waals surface area contributed by atoms with Gasteiger partial charge in [0.1, 0.15) is 11.6 Å². The fourth-order valence-electron chi connectivity index (χ4n) is 2.25. The van der Waals surface area contributed by atoms with Crippen molar-refractivity contribution < 1.29 is 17.9 Å². The molecule has 0 bridgehead atoms. The smallest absolute Gasteiger partial charge is 0.406 e. The molecule has 3 aromatic rings. The van der Waals surface area contributed by atoms with Crippen LogP contribution < -0.4 is 10.1 Å². The van der Waals surface area contributed by atoms with Crippen LogP contribution in [0, 0.1) is 6.92 Å². The van der Waals surface area contributed by atoms with E-state index in [4.69, 9.17) is 0 Å². The summed E-state index contributed by atoms with van der Waals surface area (Å²) < 4.78 is 40.6. The minimum atomic E-state index is -4.69. The Kier molecular flexibility index (Phi) is 3.82. The van der Waals surface area contributed by atoms with Gasteiger partial charge in [-0.1, -0.05) is 18.2 Å². The molecule has 0 saturated heterocycles. The van der Waals surface area contributed by atoms with Gasteiger partial charge in [0.05, 0.1) is 5.52 Å². The number of hydrogen-bond acceptors (Lipinski definition) is 3. The number of aryl methyl sites for hydroxylation is 1. The zero-order valence-electron chi connectivity index (χ0n) is 12.2.